The van der Waals surface area contributed by atoms with Crippen molar-refractivity contribution in [1.29, 1.82) is 0 Å². The highest BCUT2D eigenvalue weighted by atomic mass is 16.5. The number of oxazole rings is 1. The minimum atomic E-state index is -0.248. The molecule has 27 heavy (non-hydrogen) atoms. The topological polar surface area (TPSA) is 67.9 Å². The van der Waals surface area contributed by atoms with E-state index < -0.39 is 0 Å². The van der Waals surface area contributed by atoms with Gasteiger partial charge in [0, 0.05) is 5.56 Å². The molecule has 3 rings (SSSR count). The molecule has 0 aliphatic heterocycles. The Balaban J connectivity index is 1.75. The molecule has 1 N–H and O–H groups in total. The van der Waals surface area contributed by atoms with Gasteiger partial charge in [0.2, 0.25) is 5.89 Å². The highest BCUT2D eigenvalue weighted by molar-refractivity contribution is 5.83. The quantitative estimate of drug-likeness (QED) is 0.438. The van der Waals surface area contributed by atoms with Crippen molar-refractivity contribution in [2.45, 2.75) is 33.6 Å². The first-order valence-corrected chi connectivity index (χ1v) is 9.11. The van der Waals surface area contributed by atoms with Crippen molar-refractivity contribution in [3.63, 3.8) is 0 Å². The molecule has 0 fully saturated rings. The monoisotopic (exact) mass is 364 g/mol. The van der Waals surface area contributed by atoms with E-state index in [1.807, 2.05) is 50.2 Å². The van der Waals surface area contributed by atoms with Crippen molar-refractivity contribution < 1.29 is 14.3 Å². The highest BCUT2D eigenvalue weighted by Gasteiger charge is 2.12. The van der Waals surface area contributed by atoms with Crippen molar-refractivity contribution in [2.24, 2.45) is 4.99 Å². The maximum Gasteiger partial charge on any atom is 0.312 e. The van der Waals surface area contributed by atoms with Crippen molar-refractivity contribution in [3.8, 4) is 23.1 Å². The molecule has 0 saturated carbocycles. The number of nitrogens with zero attached hydrogens (tertiary/aromatic N) is 2. The molecule has 140 valence electrons. The van der Waals surface area contributed by atoms with Gasteiger partial charge in [-0.05, 0) is 56.2 Å². The van der Waals surface area contributed by atoms with Crippen LogP contribution < -0.4 is 4.74 Å². The van der Waals surface area contributed by atoms with E-state index in [9.17, 15) is 5.11 Å². The number of aliphatic imine (C=N–C) groups is 1. The number of hydrogen-bond donors (Lipinski definition) is 1. The summed E-state index contributed by atoms with van der Waals surface area (Å²) < 4.78 is 11.0. The fourth-order valence-electron chi connectivity index (χ4n) is 2.64. The minimum Gasteiger partial charge on any atom is -0.494 e. The third kappa shape index (κ3) is 4.76. The fraction of sp³-hybridized carbons (Fsp3) is 0.273. The van der Waals surface area contributed by atoms with E-state index in [0.29, 0.717) is 18.2 Å². The lowest BCUT2D eigenvalue weighted by molar-refractivity contribution is 0.309. The molecular formula is C22H24N2O3. The van der Waals surface area contributed by atoms with Gasteiger partial charge in [-0.1, -0.05) is 31.0 Å². The SMILES string of the molecule is CCCCOc1ccc(-c2nc(C=Nc3ccc(C)cc3C)c(O)o2)cc1. The Kier molecular flexibility index (Phi) is 5.91. The molecule has 5 heteroatoms. The number of ether oxygens (including phenoxy) is 1. The van der Waals surface area contributed by atoms with Gasteiger partial charge in [0.15, 0.2) is 5.69 Å². The molecule has 0 unspecified atom stereocenters. The Hall–Kier alpha value is -3.08. The molecule has 0 aliphatic rings. The van der Waals surface area contributed by atoms with Crippen LogP contribution in [0.15, 0.2) is 51.9 Å². The van der Waals surface area contributed by atoms with E-state index in [-0.39, 0.29) is 5.95 Å². The van der Waals surface area contributed by atoms with Crippen LogP contribution in [0.1, 0.15) is 36.6 Å². The van der Waals surface area contributed by atoms with Crippen molar-refractivity contribution in [1.82, 2.24) is 4.98 Å². The van der Waals surface area contributed by atoms with Crippen LogP contribution in [-0.2, 0) is 0 Å². The Bertz CT molecular complexity index is 927. The Labute approximate surface area is 159 Å². The summed E-state index contributed by atoms with van der Waals surface area (Å²) in [7, 11) is 0. The summed E-state index contributed by atoms with van der Waals surface area (Å²) in [6.07, 6.45) is 3.64. The van der Waals surface area contributed by atoms with Crippen LogP contribution in [-0.4, -0.2) is 22.9 Å². The van der Waals surface area contributed by atoms with E-state index in [1.165, 1.54) is 11.8 Å². The zero-order valence-corrected chi connectivity index (χ0v) is 15.9. The van der Waals surface area contributed by atoms with Crippen LogP contribution in [0.3, 0.4) is 0 Å². The van der Waals surface area contributed by atoms with E-state index in [0.717, 1.165) is 35.4 Å². The smallest absolute Gasteiger partial charge is 0.312 e. The summed E-state index contributed by atoms with van der Waals surface area (Å²) in [5, 5.41) is 10.0. The fourth-order valence-corrected chi connectivity index (χ4v) is 2.64. The van der Waals surface area contributed by atoms with Crippen LogP contribution in [0.4, 0.5) is 5.69 Å². The molecule has 2 aromatic carbocycles. The number of rotatable bonds is 7. The lowest BCUT2D eigenvalue weighted by Crippen LogP contribution is -1.95. The van der Waals surface area contributed by atoms with Gasteiger partial charge in [-0.2, -0.15) is 0 Å². The maximum absolute atomic E-state index is 10.0. The average Bonchev–Trinajstić information content (AvgIpc) is 3.02. The maximum atomic E-state index is 10.0. The average molecular weight is 364 g/mol. The Morgan fingerprint density at radius 2 is 1.93 bits per heavy atom. The van der Waals surface area contributed by atoms with Gasteiger partial charge in [0.05, 0.1) is 18.5 Å². The Morgan fingerprint density at radius 3 is 2.63 bits per heavy atom. The molecule has 1 heterocycles. The number of benzene rings is 2. The van der Waals surface area contributed by atoms with Crippen LogP contribution in [0.2, 0.25) is 0 Å². The molecule has 0 atom stereocenters. The molecule has 1 aromatic heterocycles. The number of aromatic hydroxyl groups is 1. The summed E-state index contributed by atoms with van der Waals surface area (Å²) in [4.78, 5) is 8.75. The second-order valence-corrected chi connectivity index (χ2v) is 6.48. The standard InChI is InChI=1S/C22H24N2O3/c1-4-5-12-26-18-9-7-17(8-10-18)21-24-20(22(25)27-21)14-23-19-11-6-15(2)13-16(19)3/h6-11,13-14,25H,4-5,12H2,1-3H3. The largest absolute Gasteiger partial charge is 0.494 e. The second kappa shape index (κ2) is 8.54. The van der Waals surface area contributed by atoms with Crippen LogP contribution >= 0.6 is 0 Å². The molecule has 0 bridgehead atoms. The molecule has 0 spiro atoms. The molecule has 3 aromatic rings. The van der Waals surface area contributed by atoms with Crippen LogP contribution in [0, 0.1) is 13.8 Å². The predicted octanol–water partition coefficient (Wildman–Crippen LogP) is 5.59. The molecule has 5 nitrogen and oxygen atoms in total. The van der Waals surface area contributed by atoms with E-state index in [2.05, 4.69) is 23.0 Å². The van der Waals surface area contributed by atoms with Crippen molar-refractivity contribution in [2.75, 3.05) is 6.61 Å². The second-order valence-electron chi connectivity index (χ2n) is 6.48. The third-order valence-corrected chi connectivity index (χ3v) is 4.18. The third-order valence-electron chi connectivity index (χ3n) is 4.18. The molecule has 0 amide bonds. The molecule has 0 saturated heterocycles. The molecular weight excluding hydrogens is 340 g/mol. The Morgan fingerprint density at radius 1 is 1.15 bits per heavy atom. The van der Waals surface area contributed by atoms with Gasteiger partial charge < -0.3 is 14.3 Å². The first-order valence-electron chi connectivity index (χ1n) is 9.11. The summed E-state index contributed by atoms with van der Waals surface area (Å²) >= 11 is 0. The minimum absolute atomic E-state index is 0.248. The summed E-state index contributed by atoms with van der Waals surface area (Å²) in [6, 6.07) is 13.5. The first-order chi connectivity index (χ1) is 13.1. The van der Waals surface area contributed by atoms with Crippen LogP contribution in [0.5, 0.6) is 11.7 Å². The van der Waals surface area contributed by atoms with Crippen LogP contribution in [0.25, 0.3) is 11.5 Å². The normalized spacial score (nSPS) is 11.2. The number of hydrogen-bond acceptors (Lipinski definition) is 5. The lowest BCUT2D eigenvalue weighted by Gasteiger charge is -2.05. The lowest BCUT2D eigenvalue weighted by atomic mass is 10.1. The zero-order chi connectivity index (χ0) is 19.2. The number of unbranched alkanes of at least 4 members (excludes halogenated alkanes) is 1. The van der Waals surface area contributed by atoms with E-state index in [4.69, 9.17) is 9.15 Å². The summed E-state index contributed by atoms with van der Waals surface area (Å²) in [5.41, 5.74) is 4.14. The van der Waals surface area contributed by atoms with E-state index in [1.54, 1.807) is 0 Å². The van der Waals surface area contributed by atoms with Gasteiger partial charge in [0.1, 0.15) is 5.75 Å². The van der Waals surface area contributed by atoms with Crippen molar-refractivity contribution in [3.05, 3.63) is 59.3 Å². The first kappa shape index (κ1) is 18.7. The zero-order valence-electron chi connectivity index (χ0n) is 15.9. The van der Waals surface area contributed by atoms with Gasteiger partial charge in [-0.25, -0.2) is 4.98 Å². The summed E-state index contributed by atoms with van der Waals surface area (Å²) in [5.74, 6) is 0.899. The van der Waals surface area contributed by atoms with Gasteiger partial charge in [0.25, 0.3) is 0 Å². The number of aromatic nitrogens is 1. The van der Waals surface area contributed by atoms with Gasteiger partial charge in [-0.15, -0.1) is 0 Å². The highest BCUT2D eigenvalue weighted by Crippen LogP contribution is 2.28. The molecule has 0 aliphatic carbocycles. The van der Waals surface area contributed by atoms with Crippen molar-refractivity contribution >= 4 is 11.9 Å². The molecule has 0 radical (unpaired) electrons. The van der Waals surface area contributed by atoms with E-state index >= 15 is 0 Å². The number of aryl methyl sites for hydroxylation is 2. The van der Waals surface area contributed by atoms with Gasteiger partial charge >= 0.3 is 5.95 Å². The van der Waals surface area contributed by atoms with Gasteiger partial charge in [-0.3, -0.25) is 4.99 Å². The predicted molar refractivity (Wildman–Crippen MR) is 107 cm³/mol. The summed E-state index contributed by atoms with van der Waals surface area (Å²) in [6.45, 7) is 6.87.